The molecule has 1 unspecified atom stereocenters. The van der Waals surface area contributed by atoms with Crippen molar-refractivity contribution >= 4 is 5.78 Å². The van der Waals surface area contributed by atoms with E-state index in [1.54, 1.807) is 0 Å². The van der Waals surface area contributed by atoms with Gasteiger partial charge in [-0.2, -0.15) is 0 Å². The number of hydrogen-bond acceptors (Lipinski definition) is 3. The van der Waals surface area contributed by atoms with Crippen LogP contribution in [0, 0.1) is 6.92 Å². The number of carbonyl (C=O) groups excluding carboxylic acids is 1. The molecule has 2 N–H and O–H groups in total. The summed E-state index contributed by atoms with van der Waals surface area (Å²) < 4.78 is 0. The van der Waals surface area contributed by atoms with Gasteiger partial charge in [0.15, 0.2) is 5.78 Å². The molecule has 0 aliphatic rings. The Labute approximate surface area is 151 Å². The third-order valence-electron chi connectivity index (χ3n) is 5.18. The second kappa shape index (κ2) is 14.9. The van der Waals surface area contributed by atoms with E-state index in [-0.39, 0.29) is 5.78 Å². The molecule has 0 aromatic carbocycles. The Morgan fingerprint density at radius 2 is 1.33 bits per heavy atom. The van der Waals surface area contributed by atoms with Crippen molar-refractivity contribution in [1.82, 2.24) is 4.90 Å². The van der Waals surface area contributed by atoms with Gasteiger partial charge in [0.25, 0.3) is 0 Å². The van der Waals surface area contributed by atoms with Gasteiger partial charge in [-0.15, -0.1) is 0 Å². The zero-order valence-corrected chi connectivity index (χ0v) is 16.7. The Kier molecular flexibility index (Phi) is 14.6. The molecular formula is C21H43N2O. The van der Waals surface area contributed by atoms with Crippen LogP contribution >= 0.6 is 0 Å². The minimum Gasteiger partial charge on any atom is -0.330 e. The molecule has 24 heavy (non-hydrogen) atoms. The summed E-state index contributed by atoms with van der Waals surface area (Å²) in [6.45, 7) is 7.08. The molecule has 0 bridgehead atoms. The topological polar surface area (TPSA) is 46.3 Å². The van der Waals surface area contributed by atoms with E-state index in [2.05, 4.69) is 13.8 Å². The van der Waals surface area contributed by atoms with E-state index in [0.717, 1.165) is 19.3 Å². The van der Waals surface area contributed by atoms with E-state index < -0.39 is 5.54 Å². The Morgan fingerprint density at radius 3 is 1.75 bits per heavy atom. The van der Waals surface area contributed by atoms with Gasteiger partial charge in [-0.05, 0) is 46.8 Å². The molecule has 0 aliphatic heterocycles. The molecule has 0 saturated heterocycles. The third-order valence-corrected chi connectivity index (χ3v) is 5.18. The SMILES string of the molecule is [CH2]C(CCCN)(C(=O)CCCCCCCCCCCCC)N(C)C. The number of likely N-dealkylation sites (N-methyl/N-ethyl adjacent to an activating group) is 1. The van der Waals surface area contributed by atoms with Crippen LogP contribution in [-0.4, -0.2) is 36.9 Å². The quantitative estimate of drug-likeness (QED) is 0.374. The number of rotatable bonds is 17. The Morgan fingerprint density at radius 1 is 0.875 bits per heavy atom. The number of nitrogens with two attached hydrogens (primary N) is 1. The number of unbranched alkanes of at least 4 members (excludes halogenated alkanes) is 10. The van der Waals surface area contributed by atoms with E-state index in [1.807, 2.05) is 19.0 Å². The highest BCUT2D eigenvalue weighted by Crippen LogP contribution is 2.22. The first-order valence-corrected chi connectivity index (χ1v) is 10.2. The average molecular weight is 340 g/mol. The fraction of sp³-hybridized carbons (Fsp3) is 0.905. The Balaban J connectivity index is 3.69. The molecule has 0 amide bonds. The number of nitrogens with zero attached hydrogens (tertiary/aromatic N) is 1. The monoisotopic (exact) mass is 339 g/mol. The molecule has 0 heterocycles. The summed E-state index contributed by atoms with van der Waals surface area (Å²) in [4.78, 5) is 14.5. The first-order valence-electron chi connectivity index (χ1n) is 10.2. The fourth-order valence-corrected chi connectivity index (χ4v) is 3.19. The predicted octanol–water partition coefficient (Wildman–Crippen LogP) is 5.13. The lowest BCUT2D eigenvalue weighted by Crippen LogP contribution is -2.49. The molecule has 0 rings (SSSR count). The van der Waals surface area contributed by atoms with E-state index in [1.165, 1.54) is 64.2 Å². The summed E-state index contributed by atoms with van der Waals surface area (Å²) in [6.07, 6.45) is 16.7. The summed E-state index contributed by atoms with van der Waals surface area (Å²) in [5, 5.41) is 0. The second-order valence-corrected chi connectivity index (χ2v) is 7.53. The lowest BCUT2D eigenvalue weighted by Gasteiger charge is -2.35. The van der Waals surface area contributed by atoms with Crippen molar-refractivity contribution in [2.24, 2.45) is 5.73 Å². The molecule has 0 aromatic heterocycles. The molecule has 0 aliphatic carbocycles. The maximum Gasteiger partial charge on any atom is 0.153 e. The number of hydrogen-bond donors (Lipinski definition) is 1. The van der Waals surface area contributed by atoms with Gasteiger partial charge in [0.05, 0.1) is 5.54 Å². The van der Waals surface area contributed by atoms with Crippen molar-refractivity contribution in [2.45, 2.75) is 102 Å². The van der Waals surface area contributed by atoms with Crippen molar-refractivity contribution in [2.75, 3.05) is 20.6 Å². The van der Waals surface area contributed by atoms with Gasteiger partial charge < -0.3 is 5.73 Å². The van der Waals surface area contributed by atoms with Gasteiger partial charge in [0, 0.05) is 6.42 Å². The summed E-state index contributed by atoms with van der Waals surface area (Å²) in [5.74, 6) is 0.275. The third kappa shape index (κ3) is 10.5. The lowest BCUT2D eigenvalue weighted by molar-refractivity contribution is -0.127. The lowest BCUT2D eigenvalue weighted by atomic mass is 9.86. The zero-order valence-electron chi connectivity index (χ0n) is 16.7. The molecular weight excluding hydrogens is 296 g/mol. The molecule has 0 fully saturated rings. The van der Waals surface area contributed by atoms with Gasteiger partial charge in [0.1, 0.15) is 0 Å². The summed E-state index contributed by atoms with van der Waals surface area (Å²) >= 11 is 0. The minimum atomic E-state index is -0.585. The van der Waals surface area contributed by atoms with E-state index >= 15 is 0 Å². The molecule has 143 valence electrons. The fourth-order valence-electron chi connectivity index (χ4n) is 3.19. The first-order chi connectivity index (χ1) is 11.5. The van der Waals surface area contributed by atoms with Crippen LogP contribution in [0.3, 0.4) is 0 Å². The van der Waals surface area contributed by atoms with Crippen LogP contribution in [0.25, 0.3) is 0 Å². The normalized spacial score (nSPS) is 14.1. The van der Waals surface area contributed by atoms with E-state index in [9.17, 15) is 4.79 Å². The summed E-state index contributed by atoms with van der Waals surface area (Å²) in [7, 11) is 3.89. The van der Waals surface area contributed by atoms with Gasteiger partial charge in [-0.3, -0.25) is 9.69 Å². The second-order valence-electron chi connectivity index (χ2n) is 7.53. The zero-order chi connectivity index (χ0) is 18.3. The molecule has 3 heteroatoms. The Hall–Kier alpha value is -0.410. The van der Waals surface area contributed by atoms with E-state index in [0.29, 0.717) is 13.0 Å². The van der Waals surface area contributed by atoms with Gasteiger partial charge in [-0.1, -0.05) is 71.1 Å². The van der Waals surface area contributed by atoms with Gasteiger partial charge >= 0.3 is 0 Å². The highest BCUT2D eigenvalue weighted by molar-refractivity contribution is 5.89. The van der Waals surface area contributed by atoms with Crippen molar-refractivity contribution < 1.29 is 4.79 Å². The maximum absolute atomic E-state index is 12.5. The van der Waals surface area contributed by atoms with Crippen LogP contribution in [0.4, 0.5) is 0 Å². The van der Waals surface area contributed by atoms with Gasteiger partial charge in [-0.25, -0.2) is 0 Å². The molecule has 1 radical (unpaired) electrons. The van der Waals surface area contributed by atoms with Crippen LogP contribution in [-0.2, 0) is 4.79 Å². The number of ketones is 1. The molecule has 3 nitrogen and oxygen atoms in total. The Bertz CT molecular complexity index is 304. The number of carbonyl (C=O) groups is 1. The van der Waals surface area contributed by atoms with Crippen LogP contribution in [0.1, 0.15) is 96.8 Å². The van der Waals surface area contributed by atoms with Crippen LogP contribution in [0.15, 0.2) is 0 Å². The summed E-state index contributed by atoms with van der Waals surface area (Å²) in [5.41, 5.74) is 5.01. The van der Waals surface area contributed by atoms with Crippen LogP contribution in [0.5, 0.6) is 0 Å². The first kappa shape index (κ1) is 23.6. The van der Waals surface area contributed by atoms with Crippen LogP contribution < -0.4 is 5.73 Å². The average Bonchev–Trinajstić information content (AvgIpc) is 2.57. The molecule has 1 atom stereocenters. The smallest absolute Gasteiger partial charge is 0.153 e. The van der Waals surface area contributed by atoms with Crippen molar-refractivity contribution in [3.05, 3.63) is 6.92 Å². The molecule has 0 saturated carbocycles. The molecule has 0 aromatic rings. The predicted molar refractivity (Wildman–Crippen MR) is 106 cm³/mol. The van der Waals surface area contributed by atoms with Gasteiger partial charge in [0.2, 0.25) is 0 Å². The minimum absolute atomic E-state index is 0.275. The standard InChI is InChI=1S/C21H43N2O/c1-5-6-7-8-9-10-11-12-13-14-15-17-20(24)21(2,23(3)4)18-16-19-22/h2,5-19,22H2,1,3-4H3. The highest BCUT2D eigenvalue weighted by Gasteiger charge is 2.33. The van der Waals surface area contributed by atoms with Crippen LogP contribution in [0.2, 0.25) is 0 Å². The number of Topliss-reactive ketones (excluding diaryl/α,β-unsaturated/α-hetero) is 1. The largest absolute Gasteiger partial charge is 0.330 e. The molecule has 0 spiro atoms. The highest BCUT2D eigenvalue weighted by atomic mass is 16.1. The maximum atomic E-state index is 12.5. The van der Waals surface area contributed by atoms with E-state index in [4.69, 9.17) is 5.73 Å². The van der Waals surface area contributed by atoms with Crippen molar-refractivity contribution in [3.8, 4) is 0 Å². The summed E-state index contributed by atoms with van der Waals surface area (Å²) in [6, 6.07) is 0. The van der Waals surface area contributed by atoms with Crippen molar-refractivity contribution in [1.29, 1.82) is 0 Å². The van der Waals surface area contributed by atoms with Crippen molar-refractivity contribution in [3.63, 3.8) is 0 Å².